The zero-order valence-electron chi connectivity index (χ0n) is 15.1. The van der Waals surface area contributed by atoms with Gasteiger partial charge in [0.05, 0.1) is 34.0 Å². The van der Waals surface area contributed by atoms with Crippen LogP contribution >= 0.6 is 0 Å². The normalized spacial score (nSPS) is 10.6. The van der Waals surface area contributed by atoms with E-state index in [0.29, 0.717) is 28.6 Å². The maximum absolute atomic E-state index is 12.7. The van der Waals surface area contributed by atoms with Gasteiger partial charge in [-0.15, -0.1) is 0 Å². The van der Waals surface area contributed by atoms with Crippen LogP contribution in [0.3, 0.4) is 0 Å². The van der Waals surface area contributed by atoms with Crippen molar-refractivity contribution in [3.05, 3.63) is 53.1 Å². The molecule has 0 unspecified atom stereocenters. The Morgan fingerprint density at radius 1 is 0.920 bits per heavy atom. The summed E-state index contributed by atoms with van der Waals surface area (Å²) in [5.41, 5.74) is 2.03. The Hall–Kier alpha value is -2.95. The highest BCUT2D eigenvalue weighted by Gasteiger charge is 2.15. The fraction of sp³-hybridized carbons (Fsp3) is 0.250. The van der Waals surface area contributed by atoms with Crippen LogP contribution in [0, 0.1) is 6.92 Å². The lowest BCUT2D eigenvalue weighted by Crippen LogP contribution is -2.03. The van der Waals surface area contributed by atoms with Gasteiger partial charge in [-0.25, -0.2) is 0 Å². The van der Waals surface area contributed by atoms with Crippen LogP contribution in [0.25, 0.3) is 6.08 Å². The Labute approximate surface area is 147 Å². The number of allylic oxidation sites excluding steroid dienone is 1. The van der Waals surface area contributed by atoms with Gasteiger partial charge in [0.25, 0.3) is 0 Å². The van der Waals surface area contributed by atoms with E-state index in [4.69, 9.17) is 18.9 Å². The summed E-state index contributed by atoms with van der Waals surface area (Å²) < 4.78 is 21.2. The van der Waals surface area contributed by atoms with Crippen LogP contribution in [0.4, 0.5) is 0 Å². The summed E-state index contributed by atoms with van der Waals surface area (Å²) in [4.78, 5) is 12.7. The molecule has 0 amide bonds. The van der Waals surface area contributed by atoms with Gasteiger partial charge < -0.3 is 18.9 Å². The molecule has 132 valence electrons. The zero-order valence-corrected chi connectivity index (χ0v) is 15.1. The van der Waals surface area contributed by atoms with Gasteiger partial charge in [0.1, 0.15) is 11.5 Å². The van der Waals surface area contributed by atoms with E-state index in [9.17, 15) is 4.79 Å². The first-order valence-corrected chi connectivity index (χ1v) is 7.71. The van der Waals surface area contributed by atoms with Crippen LogP contribution in [0.2, 0.25) is 0 Å². The monoisotopic (exact) mass is 342 g/mol. The molecule has 5 nitrogen and oxygen atoms in total. The number of para-hydroxylation sites is 1. The Balaban J connectivity index is 2.39. The highest BCUT2D eigenvalue weighted by atomic mass is 16.5. The Morgan fingerprint density at radius 3 is 2.24 bits per heavy atom. The summed E-state index contributed by atoms with van der Waals surface area (Å²) in [5, 5.41) is 0. The number of benzene rings is 2. The Kier molecular flexibility index (Phi) is 6.06. The van der Waals surface area contributed by atoms with Gasteiger partial charge >= 0.3 is 0 Å². The van der Waals surface area contributed by atoms with Crippen LogP contribution in [0.15, 0.2) is 36.4 Å². The van der Waals surface area contributed by atoms with E-state index in [1.165, 1.54) is 13.2 Å². The topological polar surface area (TPSA) is 54.0 Å². The molecular formula is C20H22O5. The number of hydrogen-bond acceptors (Lipinski definition) is 5. The lowest BCUT2D eigenvalue weighted by atomic mass is 10.0. The Morgan fingerprint density at radius 2 is 1.64 bits per heavy atom. The molecule has 0 atom stereocenters. The SMILES string of the molecule is COc1cc(C)c(C(=O)C=Cc2cccc(OC)c2OC)c(OC)c1. The molecule has 5 heteroatoms. The quantitative estimate of drug-likeness (QED) is 0.564. The molecule has 0 bridgehead atoms. The second-order valence-corrected chi connectivity index (χ2v) is 5.30. The van der Waals surface area contributed by atoms with E-state index in [0.717, 1.165) is 11.1 Å². The lowest BCUT2D eigenvalue weighted by Gasteiger charge is -2.12. The molecule has 0 fully saturated rings. The first-order valence-electron chi connectivity index (χ1n) is 7.71. The van der Waals surface area contributed by atoms with E-state index >= 15 is 0 Å². The minimum Gasteiger partial charge on any atom is -0.497 e. The minimum absolute atomic E-state index is 0.165. The third-order valence-corrected chi connectivity index (χ3v) is 3.82. The highest BCUT2D eigenvalue weighted by Crippen LogP contribution is 2.32. The van der Waals surface area contributed by atoms with Gasteiger partial charge in [-0.3, -0.25) is 4.79 Å². The number of methoxy groups -OCH3 is 4. The smallest absolute Gasteiger partial charge is 0.189 e. The third-order valence-electron chi connectivity index (χ3n) is 3.82. The first-order chi connectivity index (χ1) is 12.0. The molecule has 2 aromatic carbocycles. The second-order valence-electron chi connectivity index (χ2n) is 5.30. The number of aryl methyl sites for hydroxylation is 1. The fourth-order valence-corrected chi connectivity index (χ4v) is 2.61. The number of rotatable bonds is 7. The molecule has 0 saturated carbocycles. The number of ketones is 1. The van der Waals surface area contributed by atoms with Gasteiger partial charge in [0.15, 0.2) is 17.3 Å². The molecule has 0 aliphatic rings. The van der Waals surface area contributed by atoms with E-state index in [-0.39, 0.29) is 5.78 Å². The maximum atomic E-state index is 12.7. The number of carbonyl (C=O) groups is 1. The van der Waals surface area contributed by atoms with E-state index in [2.05, 4.69) is 0 Å². The highest BCUT2D eigenvalue weighted by molar-refractivity contribution is 6.10. The molecule has 0 aliphatic carbocycles. The Bertz CT molecular complexity index is 793. The van der Waals surface area contributed by atoms with E-state index in [1.54, 1.807) is 45.6 Å². The van der Waals surface area contributed by atoms with Crippen molar-refractivity contribution in [2.24, 2.45) is 0 Å². The summed E-state index contributed by atoms with van der Waals surface area (Å²) >= 11 is 0. The van der Waals surface area contributed by atoms with Crippen LogP contribution in [0.5, 0.6) is 23.0 Å². The van der Waals surface area contributed by atoms with Crippen LogP contribution < -0.4 is 18.9 Å². The molecule has 0 spiro atoms. The molecule has 0 radical (unpaired) electrons. The molecule has 2 aromatic rings. The molecule has 25 heavy (non-hydrogen) atoms. The molecule has 0 heterocycles. The average Bonchev–Trinajstić information content (AvgIpc) is 2.64. The molecule has 0 saturated heterocycles. The molecule has 2 rings (SSSR count). The molecule has 0 aromatic heterocycles. The fourth-order valence-electron chi connectivity index (χ4n) is 2.61. The second kappa shape index (κ2) is 8.24. The van der Waals surface area contributed by atoms with Crippen LogP contribution in [-0.2, 0) is 0 Å². The lowest BCUT2D eigenvalue weighted by molar-refractivity contribution is 0.104. The molecular weight excluding hydrogens is 320 g/mol. The third kappa shape index (κ3) is 3.94. The predicted octanol–water partition coefficient (Wildman–Crippen LogP) is 3.93. The molecule has 0 N–H and O–H groups in total. The van der Waals surface area contributed by atoms with Crippen molar-refractivity contribution in [1.82, 2.24) is 0 Å². The van der Waals surface area contributed by atoms with E-state index < -0.39 is 0 Å². The van der Waals surface area contributed by atoms with Crippen molar-refractivity contribution in [1.29, 1.82) is 0 Å². The van der Waals surface area contributed by atoms with Gasteiger partial charge in [-0.05, 0) is 36.8 Å². The number of carbonyl (C=O) groups excluding carboxylic acids is 1. The van der Waals surface area contributed by atoms with Gasteiger partial charge in [-0.1, -0.05) is 12.1 Å². The first kappa shape index (κ1) is 18.4. The minimum atomic E-state index is -0.165. The number of ether oxygens (including phenoxy) is 4. The van der Waals surface area contributed by atoms with E-state index in [1.807, 2.05) is 19.1 Å². The van der Waals surface area contributed by atoms with Crippen LogP contribution in [0.1, 0.15) is 21.5 Å². The summed E-state index contributed by atoms with van der Waals surface area (Å²) in [7, 11) is 6.24. The van der Waals surface area contributed by atoms with Crippen molar-refractivity contribution in [3.63, 3.8) is 0 Å². The van der Waals surface area contributed by atoms with Gasteiger partial charge in [0.2, 0.25) is 0 Å². The maximum Gasteiger partial charge on any atom is 0.189 e. The van der Waals surface area contributed by atoms with Crippen molar-refractivity contribution >= 4 is 11.9 Å². The summed E-state index contributed by atoms with van der Waals surface area (Å²) in [6, 6.07) is 8.98. The van der Waals surface area contributed by atoms with Gasteiger partial charge in [-0.2, -0.15) is 0 Å². The standard InChI is InChI=1S/C20H22O5/c1-13-11-15(22-2)12-18(24-4)19(13)16(21)10-9-14-7-6-8-17(23-3)20(14)25-5/h6-12H,1-5H3. The predicted molar refractivity (Wildman–Crippen MR) is 97.2 cm³/mol. The van der Waals surface area contributed by atoms with Crippen molar-refractivity contribution < 1.29 is 23.7 Å². The van der Waals surface area contributed by atoms with Crippen molar-refractivity contribution in [3.8, 4) is 23.0 Å². The van der Waals surface area contributed by atoms with Crippen LogP contribution in [-0.4, -0.2) is 34.2 Å². The summed E-state index contributed by atoms with van der Waals surface area (Å²) in [6.07, 6.45) is 3.20. The zero-order chi connectivity index (χ0) is 18.4. The average molecular weight is 342 g/mol. The summed E-state index contributed by atoms with van der Waals surface area (Å²) in [5.74, 6) is 2.14. The summed E-state index contributed by atoms with van der Waals surface area (Å²) in [6.45, 7) is 1.85. The van der Waals surface area contributed by atoms with Crippen molar-refractivity contribution in [2.45, 2.75) is 6.92 Å². The van der Waals surface area contributed by atoms with Gasteiger partial charge in [0, 0.05) is 11.6 Å². The molecule has 0 aliphatic heterocycles. The number of hydrogen-bond donors (Lipinski definition) is 0. The van der Waals surface area contributed by atoms with Crippen molar-refractivity contribution in [2.75, 3.05) is 28.4 Å². The largest absolute Gasteiger partial charge is 0.497 e.